The quantitative estimate of drug-likeness (QED) is 0.718. The van der Waals surface area contributed by atoms with Crippen molar-refractivity contribution in [1.82, 2.24) is 0 Å². The third kappa shape index (κ3) is 3.63. The molecule has 2 rings (SSSR count). The van der Waals surface area contributed by atoms with Crippen LogP contribution in [-0.4, -0.2) is 5.91 Å². The Morgan fingerprint density at radius 3 is 2.27 bits per heavy atom. The molecule has 0 saturated carbocycles. The molecule has 0 saturated heterocycles. The smallest absolute Gasteiger partial charge is 0.234 e. The Kier molecular flexibility index (Phi) is 4.84. The lowest BCUT2D eigenvalue weighted by Crippen LogP contribution is -2.35. The van der Waals surface area contributed by atoms with E-state index in [1.54, 1.807) is 13.8 Å². The van der Waals surface area contributed by atoms with E-state index in [1.807, 2.05) is 25.1 Å². The van der Waals surface area contributed by atoms with E-state index in [4.69, 9.17) is 0 Å². The Hall–Kier alpha value is -1.50. The molecule has 0 unspecified atom stereocenters. The fraction of sp³-hybridized carbons (Fsp3) is 0.235. The first-order valence-electron chi connectivity index (χ1n) is 6.74. The van der Waals surface area contributed by atoms with Crippen LogP contribution in [0, 0.1) is 22.1 Å². The van der Waals surface area contributed by atoms with Crippen LogP contribution in [0.4, 0.5) is 14.5 Å². The van der Waals surface area contributed by atoms with E-state index in [0.29, 0.717) is 11.3 Å². The van der Waals surface area contributed by atoms with E-state index in [-0.39, 0.29) is 5.91 Å². The normalized spacial score (nSPS) is 11.4. The maximum Gasteiger partial charge on any atom is 0.234 e. The molecule has 0 bridgehead atoms. The third-order valence-electron chi connectivity index (χ3n) is 3.60. The molecule has 116 valence electrons. The maximum atomic E-state index is 13.4. The average molecular weight is 415 g/mol. The van der Waals surface area contributed by atoms with Crippen LogP contribution in [0.5, 0.6) is 0 Å². The minimum atomic E-state index is -1.06. The Bertz CT molecular complexity index is 708. The van der Waals surface area contributed by atoms with Crippen molar-refractivity contribution >= 4 is 34.2 Å². The summed E-state index contributed by atoms with van der Waals surface area (Å²) < 4.78 is 27.8. The first kappa shape index (κ1) is 16.9. The Balaban J connectivity index is 2.32. The van der Waals surface area contributed by atoms with Crippen LogP contribution in [0.25, 0.3) is 0 Å². The van der Waals surface area contributed by atoms with Crippen molar-refractivity contribution < 1.29 is 13.6 Å². The summed E-state index contributed by atoms with van der Waals surface area (Å²) >= 11 is 2.16. The molecule has 0 atom stereocenters. The number of carbonyl (C=O) groups is 1. The molecule has 0 aromatic heterocycles. The van der Waals surface area contributed by atoms with Crippen LogP contribution < -0.4 is 5.32 Å². The maximum absolute atomic E-state index is 13.4. The lowest BCUT2D eigenvalue weighted by atomic mass is 9.83. The Labute approximate surface area is 142 Å². The van der Waals surface area contributed by atoms with E-state index >= 15 is 0 Å². The second kappa shape index (κ2) is 6.32. The number of nitrogens with one attached hydrogen (secondary N) is 1. The number of benzene rings is 2. The van der Waals surface area contributed by atoms with Gasteiger partial charge < -0.3 is 5.32 Å². The lowest BCUT2D eigenvalue weighted by Gasteiger charge is -2.25. The zero-order valence-electron chi connectivity index (χ0n) is 12.5. The van der Waals surface area contributed by atoms with Crippen LogP contribution in [0.1, 0.15) is 25.0 Å². The van der Waals surface area contributed by atoms with Gasteiger partial charge in [-0.1, -0.05) is 6.07 Å². The van der Waals surface area contributed by atoms with E-state index in [1.165, 1.54) is 12.1 Å². The summed E-state index contributed by atoms with van der Waals surface area (Å²) in [5.41, 5.74) is 0.860. The minimum Gasteiger partial charge on any atom is -0.325 e. The second-order valence-corrected chi connectivity index (χ2v) is 6.94. The van der Waals surface area contributed by atoms with Gasteiger partial charge in [0.05, 0.1) is 5.41 Å². The molecule has 1 N–H and O–H groups in total. The number of amides is 1. The molecule has 0 spiro atoms. The summed E-state index contributed by atoms with van der Waals surface area (Å²) in [7, 11) is 0. The summed E-state index contributed by atoms with van der Waals surface area (Å²) in [5.74, 6) is -1.70. The van der Waals surface area contributed by atoms with Crippen molar-refractivity contribution in [3.8, 4) is 0 Å². The molecule has 0 aliphatic rings. The van der Waals surface area contributed by atoms with Gasteiger partial charge in [-0.15, -0.1) is 0 Å². The minimum absolute atomic E-state index is 0.297. The summed E-state index contributed by atoms with van der Waals surface area (Å²) in [6.45, 7) is 5.17. The molecule has 1 amide bonds. The summed E-state index contributed by atoms with van der Waals surface area (Å²) in [6.07, 6.45) is 0. The van der Waals surface area contributed by atoms with Gasteiger partial charge in [0.15, 0.2) is 0 Å². The van der Waals surface area contributed by atoms with Crippen LogP contribution in [0.2, 0.25) is 0 Å². The molecule has 2 aromatic rings. The van der Waals surface area contributed by atoms with Crippen molar-refractivity contribution in [2.75, 3.05) is 5.32 Å². The van der Waals surface area contributed by atoms with E-state index in [0.717, 1.165) is 15.2 Å². The molecular formula is C17H16F2INO. The number of halogens is 3. The predicted octanol–water partition coefficient (Wildman–Crippen LogP) is 4.79. The molecule has 0 aliphatic carbocycles. The largest absolute Gasteiger partial charge is 0.325 e. The highest BCUT2D eigenvalue weighted by molar-refractivity contribution is 14.1. The van der Waals surface area contributed by atoms with E-state index in [9.17, 15) is 13.6 Å². The van der Waals surface area contributed by atoms with E-state index < -0.39 is 17.0 Å². The molecule has 0 fully saturated rings. The van der Waals surface area contributed by atoms with Gasteiger partial charge in [0, 0.05) is 15.3 Å². The standard InChI is InChI=1S/C17H16F2INO/c1-10-4-5-14(20)9-15(10)21-16(22)17(2,3)11-6-12(18)8-13(19)7-11/h4-9H,1-3H3,(H,21,22). The van der Waals surface area contributed by atoms with Crippen molar-refractivity contribution in [2.45, 2.75) is 26.2 Å². The molecule has 2 aromatic carbocycles. The first-order chi connectivity index (χ1) is 10.2. The number of hydrogen-bond donors (Lipinski definition) is 1. The predicted molar refractivity (Wildman–Crippen MR) is 91.9 cm³/mol. The van der Waals surface area contributed by atoms with Crippen LogP contribution in [0.3, 0.4) is 0 Å². The summed E-state index contributed by atoms with van der Waals surface area (Å²) in [5, 5.41) is 2.84. The number of hydrogen-bond acceptors (Lipinski definition) is 1. The van der Waals surface area contributed by atoms with Crippen molar-refractivity contribution in [3.63, 3.8) is 0 Å². The third-order valence-corrected chi connectivity index (χ3v) is 4.27. The van der Waals surface area contributed by atoms with Crippen molar-refractivity contribution in [1.29, 1.82) is 0 Å². The van der Waals surface area contributed by atoms with Crippen LogP contribution >= 0.6 is 22.6 Å². The van der Waals surface area contributed by atoms with Gasteiger partial charge in [-0.3, -0.25) is 4.79 Å². The highest BCUT2D eigenvalue weighted by Gasteiger charge is 2.31. The molecule has 0 heterocycles. The molecule has 0 radical (unpaired) electrons. The number of aryl methyl sites for hydroxylation is 1. The van der Waals surface area contributed by atoms with Crippen LogP contribution in [-0.2, 0) is 10.2 Å². The topological polar surface area (TPSA) is 29.1 Å². The zero-order valence-corrected chi connectivity index (χ0v) is 14.7. The highest BCUT2D eigenvalue weighted by atomic mass is 127. The van der Waals surface area contributed by atoms with Crippen LogP contribution in [0.15, 0.2) is 36.4 Å². The fourth-order valence-corrected chi connectivity index (χ4v) is 2.54. The Morgan fingerprint density at radius 2 is 1.68 bits per heavy atom. The van der Waals surface area contributed by atoms with Crippen molar-refractivity contribution in [2.24, 2.45) is 0 Å². The average Bonchev–Trinajstić information content (AvgIpc) is 2.41. The van der Waals surface area contributed by atoms with Gasteiger partial charge in [-0.05, 0) is 78.8 Å². The van der Waals surface area contributed by atoms with E-state index in [2.05, 4.69) is 27.9 Å². The first-order valence-corrected chi connectivity index (χ1v) is 7.82. The number of rotatable bonds is 3. The monoisotopic (exact) mass is 415 g/mol. The fourth-order valence-electron chi connectivity index (χ4n) is 2.05. The van der Waals surface area contributed by atoms with Gasteiger partial charge in [-0.25, -0.2) is 8.78 Å². The Morgan fingerprint density at radius 1 is 1.09 bits per heavy atom. The second-order valence-electron chi connectivity index (χ2n) is 5.70. The van der Waals surface area contributed by atoms with Gasteiger partial charge in [0.1, 0.15) is 11.6 Å². The SMILES string of the molecule is Cc1ccc(I)cc1NC(=O)C(C)(C)c1cc(F)cc(F)c1. The number of carbonyl (C=O) groups excluding carboxylic acids is 1. The summed E-state index contributed by atoms with van der Waals surface area (Å²) in [4.78, 5) is 12.6. The molecular weight excluding hydrogens is 399 g/mol. The highest BCUT2D eigenvalue weighted by Crippen LogP contribution is 2.28. The lowest BCUT2D eigenvalue weighted by molar-refractivity contribution is -0.120. The van der Waals surface area contributed by atoms with Gasteiger partial charge >= 0.3 is 0 Å². The zero-order chi connectivity index (χ0) is 16.5. The molecule has 22 heavy (non-hydrogen) atoms. The molecule has 5 heteroatoms. The van der Waals surface area contributed by atoms with Crippen molar-refractivity contribution in [3.05, 3.63) is 62.7 Å². The number of anilines is 1. The van der Waals surface area contributed by atoms with Gasteiger partial charge in [-0.2, -0.15) is 0 Å². The van der Waals surface area contributed by atoms with Gasteiger partial charge in [0.2, 0.25) is 5.91 Å². The summed E-state index contributed by atoms with van der Waals surface area (Å²) in [6, 6.07) is 8.87. The van der Waals surface area contributed by atoms with Gasteiger partial charge in [0.25, 0.3) is 0 Å². The molecule has 2 nitrogen and oxygen atoms in total. The molecule has 0 aliphatic heterocycles.